The second-order valence-electron chi connectivity index (χ2n) is 6.50. The van der Waals surface area contributed by atoms with Crippen molar-refractivity contribution < 1.29 is 4.74 Å². The van der Waals surface area contributed by atoms with E-state index in [0.717, 1.165) is 55.5 Å². The minimum Gasteiger partial charge on any atom is -0.497 e. The number of aliphatic imine (C=N–C) groups is 1. The highest BCUT2D eigenvalue weighted by atomic mass is 127. The van der Waals surface area contributed by atoms with Crippen LogP contribution in [0, 0.1) is 0 Å². The first-order valence-electron chi connectivity index (χ1n) is 9.31. The lowest BCUT2D eigenvalue weighted by atomic mass is 10.2. The van der Waals surface area contributed by atoms with E-state index < -0.39 is 0 Å². The molecule has 3 rings (SSSR count). The molecule has 1 aromatic heterocycles. The molecule has 0 aliphatic carbocycles. The molecule has 3 N–H and O–H groups in total. The first-order valence-corrected chi connectivity index (χ1v) is 9.31. The number of pyridine rings is 1. The molecule has 1 fully saturated rings. The standard InChI is InChI=1S/C20H28N6O.HI/c1-3-25-10-12-26(13-11-25)19-14-16(8-9-22-19)15-23-20(21)24-17-4-6-18(27-2)7-5-17;/h4-9,14H,3,10-13,15H2,1-2H3,(H3,21,23,24);1H. The zero-order chi connectivity index (χ0) is 19.1. The summed E-state index contributed by atoms with van der Waals surface area (Å²) in [5.41, 5.74) is 7.98. The molecule has 0 atom stereocenters. The Labute approximate surface area is 184 Å². The van der Waals surface area contributed by atoms with Crippen molar-refractivity contribution >= 4 is 41.4 Å². The Morgan fingerprint density at radius 2 is 1.89 bits per heavy atom. The largest absolute Gasteiger partial charge is 0.497 e. The number of benzene rings is 1. The number of halogens is 1. The van der Waals surface area contributed by atoms with Gasteiger partial charge in [-0.15, -0.1) is 24.0 Å². The number of hydrogen-bond donors (Lipinski definition) is 2. The fourth-order valence-electron chi connectivity index (χ4n) is 3.06. The predicted molar refractivity (Wildman–Crippen MR) is 126 cm³/mol. The third-order valence-corrected chi connectivity index (χ3v) is 4.75. The Morgan fingerprint density at radius 3 is 2.54 bits per heavy atom. The second-order valence-corrected chi connectivity index (χ2v) is 6.50. The van der Waals surface area contributed by atoms with Crippen LogP contribution in [0.4, 0.5) is 11.5 Å². The topological polar surface area (TPSA) is 79.0 Å². The van der Waals surface area contributed by atoms with Crippen molar-refractivity contribution in [1.29, 1.82) is 0 Å². The number of guanidine groups is 1. The Kier molecular flexibility index (Phi) is 8.78. The number of likely N-dealkylation sites (N-methyl/N-ethyl adjacent to an activating group) is 1. The molecular weight excluding hydrogens is 467 g/mol. The van der Waals surface area contributed by atoms with Gasteiger partial charge in [0.05, 0.1) is 13.7 Å². The molecule has 2 aromatic rings. The summed E-state index contributed by atoms with van der Waals surface area (Å²) < 4.78 is 5.15. The number of ether oxygens (including phenoxy) is 1. The van der Waals surface area contributed by atoms with Crippen LogP contribution < -0.4 is 20.7 Å². The van der Waals surface area contributed by atoms with Crippen molar-refractivity contribution in [2.45, 2.75) is 13.5 Å². The molecule has 7 nitrogen and oxygen atoms in total. The van der Waals surface area contributed by atoms with Crippen LogP contribution in [0.5, 0.6) is 5.75 Å². The Bertz CT molecular complexity index is 760. The van der Waals surface area contributed by atoms with Gasteiger partial charge in [-0.2, -0.15) is 0 Å². The molecule has 1 aliphatic rings. The Morgan fingerprint density at radius 1 is 1.18 bits per heavy atom. The van der Waals surface area contributed by atoms with Crippen LogP contribution >= 0.6 is 24.0 Å². The summed E-state index contributed by atoms with van der Waals surface area (Å²) in [4.78, 5) is 13.8. The lowest BCUT2D eigenvalue weighted by molar-refractivity contribution is 0.270. The molecule has 0 spiro atoms. The van der Waals surface area contributed by atoms with Crippen LogP contribution in [-0.2, 0) is 6.54 Å². The molecule has 0 radical (unpaired) electrons. The molecule has 2 heterocycles. The minimum absolute atomic E-state index is 0. The fraction of sp³-hybridized carbons (Fsp3) is 0.400. The number of nitrogens with two attached hydrogens (primary N) is 1. The van der Waals surface area contributed by atoms with Gasteiger partial charge in [0.2, 0.25) is 0 Å². The van der Waals surface area contributed by atoms with Crippen molar-refractivity contribution in [3.05, 3.63) is 48.2 Å². The van der Waals surface area contributed by atoms with E-state index in [1.807, 2.05) is 36.5 Å². The summed E-state index contributed by atoms with van der Waals surface area (Å²) in [5, 5.41) is 3.09. The van der Waals surface area contributed by atoms with Gasteiger partial charge in [0.15, 0.2) is 5.96 Å². The normalized spacial score (nSPS) is 15.1. The Balaban J connectivity index is 0.00000280. The van der Waals surface area contributed by atoms with Crippen LogP contribution in [-0.4, -0.2) is 55.7 Å². The van der Waals surface area contributed by atoms with Crippen molar-refractivity contribution in [3.8, 4) is 5.75 Å². The Hall–Kier alpha value is -2.07. The number of hydrogen-bond acceptors (Lipinski definition) is 5. The number of nitrogens with one attached hydrogen (secondary N) is 1. The quantitative estimate of drug-likeness (QED) is 0.364. The van der Waals surface area contributed by atoms with Crippen molar-refractivity contribution in [3.63, 3.8) is 0 Å². The molecular formula is C20H29IN6O. The predicted octanol–water partition coefficient (Wildman–Crippen LogP) is 2.78. The van der Waals surface area contributed by atoms with Gasteiger partial charge in [-0.1, -0.05) is 6.92 Å². The maximum Gasteiger partial charge on any atom is 0.193 e. The van der Waals surface area contributed by atoms with Gasteiger partial charge in [0.1, 0.15) is 11.6 Å². The van der Waals surface area contributed by atoms with E-state index in [4.69, 9.17) is 10.5 Å². The molecule has 0 unspecified atom stereocenters. The smallest absolute Gasteiger partial charge is 0.193 e. The first-order chi connectivity index (χ1) is 13.2. The molecule has 28 heavy (non-hydrogen) atoms. The van der Waals surface area contributed by atoms with Crippen LogP contribution in [0.15, 0.2) is 47.6 Å². The molecule has 8 heteroatoms. The summed E-state index contributed by atoms with van der Waals surface area (Å²) >= 11 is 0. The summed E-state index contributed by atoms with van der Waals surface area (Å²) in [6.45, 7) is 8.01. The van der Waals surface area contributed by atoms with E-state index in [1.165, 1.54) is 0 Å². The first kappa shape index (κ1) is 22.2. The summed E-state index contributed by atoms with van der Waals surface area (Å²) in [5.74, 6) is 2.20. The molecule has 1 aliphatic heterocycles. The minimum atomic E-state index is 0. The van der Waals surface area contributed by atoms with Crippen LogP contribution in [0.2, 0.25) is 0 Å². The van der Waals surface area contributed by atoms with E-state index in [-0.39, 0.29) is 24.0 Å². The van der Waals surface area contributed by atoms with Gasteiger partial charge in [-0.25, -0.2) is 9.98 Å². The van der Waals surface area contributed by atoms with Gasteiger partial charge in [0.25, 0.3) is 0 Å². The van der Waals surface area contributed by atoms with Crippen molar-refractivity contribution in [2.75, 3.05) is 50.1 Å². The van der Waals surface area contributed by atoms with Crippen molar-refractivity contribution in [1.82, 2.24) is 9.88 Å². The maximum atomic E-state index is 6.01. The molecule has 0 bridgehead atoms. The highest BCUT2D eigenvalue weighted by molar-refractivity contribution is 14.0. The van der Waals surface area contributed by atoms with E-state index in [9.17, 15) is 0 Å². The van der Waals surface area contributed by atoms with Gasteiger partial charge in [-0.3, -0.25) is 0 Å². The molecule has 152 valence electrons. The fourth-order valence-corrected chi connectivity index (χ4v) is 3.06. The van der Waals surface area contributed by atoms with Gasteiger partial charge >= 0.3 is 0 Å². The molecule has 1 saturated heterocycles. The summed E-state index contributed by atoms with van der Waals surface area (Å²) in [7, 11) is 1.64. The van der Waals surface area contributed by atoms with Crippen LogP contribution in [0.3, 0.4) is 0 Å². The lowest BCUT2D eigenvalue weighted by Crippen LogP contribution is -2.46. The van der Waals surface area contributed by atoms with Crippen LogP contribution in [0.25, 0.3) is 0 Å². The monoisotopic (exact) mass is 496 g/mol. The number of anilines is 2. The van der Waals surface area contributed by atoms with Crippen LogP contribution in [0.1, 0.15) is 12.5 Å². The number of nitrogens with zero attached hydrogens (tertiary/aromatic N) is 4. The van der Waals surface area contributed by atoms with E-state index in [2.05, 4.69) is 38.1 Å². The van der Waals surface area contributed by atoms with E-state index >= 15 is 0 Å². The number of aromatic nitrogens is 1. The third-order valence-electron chi connectivity index (χ3n) is 4.75. The second kappa shape index (κ2) is 11.1. The average Bonchev–Trinajstić information content (AvgIpc) is 2.73. The lowest BCUT2D eigenvalue weighted by Gasteiger charge is -2.34. The van der Waals surface area contributed by atoms with E-state index in [0.29, 0.717) is 12.5 Å². The van der Waals surface area contributed by atoms with Gasteiger partial charge in [-0.05, 0) is 48.5 Å². The summed E-state index contributed by atoms with van der Waals surface area (Å²) in [6.07, 6.45) is 1.85. The van der Waals surface area contributed by atoms with Crippen molar-refractivity contribution in [2.24, 2.45) is 10.7 Å². The maximum absolute atomic E-state index is 6.01. The third kappa shape index (κ3) is 6.23. The molecule has 0 amide bonds. The SMILES string of the molecule is CCN1CCN(c2cc(CN=C(N)Nc3ccc(OC)cc3)ccn2)CC1.I. The molecule has 0 saturated carbocycles. The number of piperazine rings is 1. The molecule has 1 aromatic carbocycles. The zero-order valence-corrected chi connectivity index (χ0v) is 18.8. The van der Waals surface area contributed by atoms with E-state index in [1.54, 1.807) is 7.11 Å². The zero-order valence-electron chi connectivity index (χ0n) is 16.5. The van der Waals surface area contributed by atoms with Gasteiger partial charge < -0.3 is 25.6 Å². The average molecular weight is 496 g/mol. The highest BCUT2D eigenvalue weighted by Gasteiger charge is 2.16. The highest BCUT2D eigenvalue weighted by Crippen LogP contribution is 2.17. The van der Waals surface area contributed by atoms with Gasteiger partial charge in [0, 0.05) is 38.1 Å². The number of rotatable bonds is 6. The number of methoxy groups -OCH3 is 1. The summed E-state index contributed by atoms with van der Waals surface area (Å²) in [6, 6.07) is 11.7.